The van der Waals surface area contributed by atoms with E-state index >= 15 is 0 Å². The van der Waals surface area contributed by atoms with Crippen LogP contribution in [0.15, 0.2) is 42.5 Å². The molecule has 0 amide bonds. The lowest BCUT2D eigenvalue weighted by molar-refractivity contribution is -0.149. The molecule has 1 aliphatic carbocycles. The standard InChI is InChI=1S/C29H39NO2/c1-20-13-25-26(28(4,5)12-11-27(25,2)3)14-24(20)29(31)15-22-18-32-19-23(16-29)30(22)17-21-9-7-6-8-10-21/h6-10,13-14,22-23,31H,11-12,15-19H2,1-5H3. The zero-order valence-electron chi connectivity index (χ0n) is 20.4. The number of aliphatic hydroxyl groups is 1. The lowest BCUT2D eigenvalue weighted by Crippen LogP contribution is -2.60. The van der Waals surface area contributed by atoms with E-state index in [9.17, 15) is 5.11 Å². The highest BCUT2D eigenvalue weighted by Crippen LogP contribution is 2.49. The molecule has 172 valence electrons. The van der Waals surface area contributed by atoms with Gasteiger partial charge in [0, 0.05) is 18.6 Å². The van der Waals surface area contributed by atoms with E-state index in [-0.39, 0.29) is 22.9 Å². The summed E-state index contributed by atoms with van der Waals surface area (Å²) in [6.07, 6.45) is 3.88. The van der Waals surface area contributed by atoms with Crippen LogP contribution in [0.5, 0.6) is 0 Å². The first-order chi connectivity index (χ1) is 15.1. The minimum Gasteiger partial charge on any atom is -0.385 e. The van der Waals surface area contributed by atoms with Crippen molar-refractivity contribution in [2.75, 3.05) is 13.2 Å². The van der Waals surface area contributed by atoms with Crippen LogP contribution in [-0.2, 0) is 27.7 Å². The molecule has 2 fully saturated rings. The van der Waals surface area contributed by atoms with E-state index < -0.39 is 5.60 Å². The van der Waals surface area contributed by atoms with Crippen molar-refractivity contribution in [2.24, 2.45) is 0 Å². The van der Waals surface area contributed by atoms with Crippen LogP contribution in [0, 0.1) is 6.92 Å². The Labute approximate surface area is 193 Å². The topological polar surface area (TPSA) is 32.7 Å². The lowest BCUT2D eigenvalue weighted by atomic mass is 9.61. The van der Waals surface area contributed by atoms with Crippen molar-refractivity contribution in [1.29, 1.82) is 0 Å². The van der Waals surface area contributed by atoms with Gasteiger partial charge in [-0.25, -0.2) is 0 Å². The minimum absolute atomic E-state index is 0.149. The highest BCUT2D eigenvalue weighted by molar-refractivity contribution is 5.49. The van der Waals surface area contributed by atoms with Crippen molar-refractivity contribution >= 4 is 0 Å². The number of ether oxygens (including phenoxy) is 1. The van der Waals surface area contributed by atoms with E-state index in [1.54, 1.807) is 0 Å². The van der Waals surface area contributed by atoms with Gasteiger partial charge >= 0.3 is 0 Å². The van der Waals surface area contributed by atoms with Crippen molar-refractivity contribution in [3.05, 3.63) is 70.3 Å². The average Bonchev–Trinajstić information content (AvgIpc) is 2.73. The lowest BCUT2D eigenvalue weighted by Gasteiger charge is -2.52. The van der Waals surface area contributed by atoms with Crippen LogP contribution in [0.3, 0.4) is 0 Å². The van der Waals surface area contributed by atoms with Crippen LogP contribution in [0.4, 0.5) is 0 Å². The summed E-state index contributed by atoms with van der Waals surface area (Å²) in [7, 11) is 0. The highest BCUT2D eigenvalue weighted by Gasteiger charge is 2.48. The Balaban J connectivity index is 1.50. The molecule has 2 aromatic carbocycles. The van der Waals surface area contributed by atoms with Crippen molar-refractivity contribution < 1.29 is 9.84 Å². The maximum atomic E-state index is 12.1. The summed E-state index contributed by atoms with van der Waals surface area (Å²) in [5, 5.41) is 12.1. The van der Waals surface area contributed by atoms with E-state index in [4.69, 9.17) is 4.74 Å². The van der Waals surface area contributed by atoms with Gasteiger partial charge in [-0.05, 0) is 71.3 Å². The largest absolute Gasteiger partial charge is 0.385 e. The monoisotopic (exact) mass is 433 g/mol. The number of piperidine rings is 1. The summed E-state index contributed by atoms with van der Waals surface area (Å²) >= 11 is 0. The van der Waals surface area contributed by atoms with Crippen LogP contribution in [0.2, 0.25) is 0 Å². The van der Waals surface area contributed by atoms with Crippen molar-refractivity contribution in [1.82, 2.24) is 4.90 Å². The first-order valence-corrected chi connectivity index (χ1v) is 12.3. The summed E-state index contributed by atoms with van der Waals surface area (Å²) < 4.78 is 5.96. The van der Waals surface area contributed by atoms with E-state index in [2.05, 4.69) is 82.0 Å². The van der Waals surface area contributed by atoms with Crippen LogP contribution in [-0.4, -0.2) is 35.3 Å². The van der Waals surface area contributed by atoms with Gasteiger partial charge in [-0.3, -0.25) is 4.90 Å². The number of morpholine rings is 1. The van der Waals surface area contributed by atoms with Crippen LogP contribution in [0.1, 0.15) is 81.2 Å². The molecule has 0 saturated carbocycles. The van der Waals surface area contributed by atoms with Gasteiger partial charge in [-0.1, -0.05) is 70.2 Å². The first-order valence-electron chi connectivity index (χ1n) is 12.3. The van der Waals surface area contributed by atoms with Gasteiger partial charge in [0.05, 0.1) is 18.8 Å². The summed E-state index contributed by atoms with van der Waals surface area (Å²) in [6, 6.07) is 16.0. The second-order valence-electron chi connectivity index (χ2n) is 11.9. The molecule has 3 aliphatic rings. The summed E-state index contributed by atoms with van der Waals surface area (Å²) in [6.45, 7) is 14.0. The van der Waals surface area contributed by atoms with E-state index in [1.807, 2.05) is 0 Å². The minimum atomic E-state index is -0.789. The molecule has 1 N–H and O–H groups in total. The Bertz CT molecular complexity index is 980. The number of nitrogens with zero attached hydrogens (tertiary/aromatic N) is 1. The zero-order valence-corrected chi connectivity index (χ0v) is 20.4. The van der Waals surface area contributed by atoms with E-state index in [0.717, 1.165) is 24.9 Å². The number of aryl methyl sites for hydroxylation is 1. The molecule has 0 spiro atoms. The molecule has 2 bridgehead atoms. The van der Waals surface area contributed by atoms with E-state index in [1.165, 1.54) is 35.1 Å². The Morgan fingerprint density at radius 1 is 0.875 bits per heavy atom. The number of benzene rings is 2. The van der Waals surface area contributed by atoms with Gasteiger partial charge in [0.15, 0.2) is 0 Å². The fourth-order valence-electron chi connectivity index (χ4n) is 6.54. The number of hydrogen-bond acceptors (Lipinski definition) is 3. The van der Waals surface area contributed by atoms with Gasteiger partial charge < -0.3 is 9.84 Å². The molecular formula is C29H39NO2. The molecule has 32 heavy (non-hydrogen) atoms. The molecule has 2 unspecified atom stereocenters. The fourth-order valence-corrected chi connectivity index (χ4v) is 6.54. The third-order valence-electron chi connectivity index (χ3n) is 8.61. The van der Waals surface area contributed by atoms with Crippen molar-refractivity contribution in [3.63, 3.8) is 0 Å². The Kier molecular flexibility index (Phi) is 5.31. The second kappa shape index (κ2) is 7.68. The third kappa shape index (κ3) is 3.73. The van der Waals surface area contributed by atoms with Crippen molar-refractivity contribution in [2.45, 2.75) is 95.4 Å². The second-order valence-corrected chi connectivity index (χ2v) is 11.9. The molecule has 2 heterocycles. The maximum Gasteiger partial charge on any atom is 0.0930 e. The Hall–Kier alpha value is -1.68. The van der Waals surface area contributed by atoms with Gasteiger partial charge in [0.2, 0.25) is 0 Å². The highest BCUT2D eigenvalue weighted by atomic mass is 16.5. The maximum absolute atomic E-state index is 12.1. The molecule has 3 heteroatoms. The molecule has 2 atom stereocenters. The quantitative estimate of drug-likeness (QED) is 0.684. The van der Waals surface area contributed by atoms with Crippen LogP contribution in [0.25, 0.3) is 0 Å². The number of hydrogen-bond donors (Lipinski definition) is 1. The van der Waals surface area contributed by atoms with Gasteiger partial charge in [0.1, 0.15) is 0 Å². The number of fused-ring (bicyclic) bond motifs is 3. The van der Waals surface area contributed by atoms with Gasteiger partial charge in [0.25, 0.3) is 0 Å². The summed E-state index contributed by atoms with van der Waals surface area (Å²) in [4.78, 5) is 2.58. The van der Waals surface area contributed by atoms with Gasteiger partial charge in [-0.2, -0.15) is 0 Å². The van der Waals surface area contributed by atoms with Crippen LogP contribution < -0.4 is 0 Å². The molecule has 2 saturated heterocycles. The molecule has 2 aliphatic heterocycles. The molecule has 5 rings (SSSR count). The normalized spacial score (nSPS) is 31.2. The van der Waals surface area contributed by atoms with Gasteiger partial charge in [-0.15, -0.1) is 0 Å². The predicted octanol–water partition coefficient (Wildman–Crippen LogP) is 5.60. The molecule has 2 aromatic rings. The Morgan fingerprint density at radius 3 is 2.03 bits per heavy atom. The molecule has 0 aromatic heterocycles. The fraction of sp³-hybridized carbons (Fsp3) is 0.586. The zero-order chi connectivity index (χ0) is 22.7. The molecule has 3 nitrogen and oxygen atoms in total. The Morgan fingerprint density at radius 2 is 1.44 bits per heavy atom. The third-order valence-corrected chi connectivity index (χ3v) is 8.61. The van der Waals surface area contributed by atoms with Crippen molar-refractivity contribution in [3.8, 4) is 0 Å². The number of rotatable bonds is 3. The summed E-state index contributed by atoms with van der Waals surface area (Å²) in [5.74, 6) is 0. The smallest absolute Gasteiger partial charge is 0.0930 e. The summed E-state index contributed by atoms with van der Waals surface area (Å²) in [5.41, 5.74) is 6.20. The first kappa shape index (κ1) is 22.1. The van der Waals surface area contributed by atoms with E-state index in [0.29, 0.717) is 13.2 Å². The predicted molar refractivity (Wildman–Crippen MR) is 130 cm³/mol. The van der Waals surface area contributed by atoms with Crippen LogP contribution >= 0.6 is 0 Å². The molecule has 0 radical (unpaired) electrons. The SMILES string of the molecule is Cc1cc2c(cc1C1(O)CC3COCC(C1)N3Cc1ccccc1)C(C)(C)CCC2(C)C. The average molecular weight is 434 g/mol. The molecular weight excluding hydrogens is 394 g/mol.